The minimum Gasteiger partial charge on any atom is -0.456 e. The van der Waals surface area contributed by atoms with Gasteiger partial charge in [0.2, 0.25) is 11.6 Å². The molecule has 0 atom stereocenters. The molecule has 2 heterocycles. The number of oxazole rings is 1. The number of hydrogen-bond donors (Lipinski definition) is 0. The molecule has 0 N–H and O–H groups in total. The summed E-state index contributed by atoms with van der Waals surface area (Å²) in [4.78, 5) is 10.5. The summed E-state index contributed by atoms with van der Waals surface area (Å²) in [5, 5.41) is 1.99. The van der Waals surface area contributed by atoms with Gasteiger partial charge < -0.3 is 13.7 Å². The zero-order valence-corrected chi connectivity index (χ0v) is 20.8. The van der Waals surface area contributed by atoms with Crippen LogP contribution in [-0.4, -0.2) is 4.98 Å². The molecule has 0 spiro atoms. The Hall–Kier alpha value is -5.60. The van der Waals surface area contributed by atoms with Crippen molar-refractivity contribution in [2.45, 2.75) is 0 Å². The highest BCUT2D eigenvalue weighted by molar-refractivity contribution is 6.08. The number of para-hydroxylation sites is 3. The molecule has 2 aromatic heterocycles. The number of fused-ring (bicyclic) bond motifs is 4. The van der Waals surface area contributed by atoms with Crippen molar-refractivity contribution in [3.05, 3.63) is 144 Å². The second-order valence-electron chi connectivity index (χ2n) is 9.17. The average molecular weight is 504 g/mol. The van der Waals surface area contributed by atoms with E-state index in [4.69, 9.17) is 15.4 Å². The lowest BCUT2D eigenvalue weighted by Gasteiger charge is -2.25. The van der Waals surface area contributed by atoms with Gasteiger partial charge in [-0.05, 0) is 60.2 Å². The van der Waals surface area contributed by atoms with Crippen LogP contribution in [0.15, 0.2) is 130 Å². The van der Waals surface area contributed by atoms with Gasteiger partial charge in [0.15, 0.2) is 5.58 Å². The van der Waals surface area contributed by atoms with Crippen LogP contribution in [0.1, 0.15) is 11.5 Å². The standard InChI is InChI=1S/C34H21N3O2/c1-35-30(34-36-29-22-32-28(21-33(29)39-34)27-14-8-9-15-31(27)38-32)20-23-16-18-26(19-17-23)37(24-10-4-2-5-11-24)25-12-6-3-7-13-25/h2-22H/b30-20-. The lowest BCUT2D eigenvalue weighted by molar-refractivity contribution is 0.586. The lowest BCUT2D eigenvalue weighted by Crippen LogP contribution is -2.09. The van der Waals surface area contributed by atoms with Crippen LogP contribution in [0.5, 0.6) is 0 Å². The number of nitrogens with zero attached hydrogens (tertiary/aromatic N) is 3. The molecule has 7 rings (SSSR count). The van der Waals surface area contributed by atoms with Gasteiger partial charge in [-0.25, -0.2) is 9.83 Å². The smallest absolute Gasteiger partial charge is 0.248 e. The van der Waals surface area contributed by atoms with Gasteiger partial charge in [0.05, 0.1) is 6.57 Å². The SMILES string of the molecule is [C-]#[N+]/C(=C\c1ccc(N(c2ccccc2)c2ccccc2)cc1)c1nc2cc3oc4ccccc4c3cc2o1. The van der Waals surface area contributed by atoms with E-state index in [1.165, 1.54) is 0 Å². The largest absolute Gasteiger partial charge is 0.456 e. The van der Waals surface area contributed by atoms with E-state index < -0.39 is 0 Å². The van der Waals surface area contributed by atoms with Gasteiger partial charge >= 0.3 is 0 Å². The fourth-order valence-electron chi connectivity index (χ4n) is 4.88. The maximum Gasteiger partial charge on any atom is 0.248 e. The van der Waals surface area contributed by atoms with Crippen molar-refractivity contribution in [3.63, 3.8) is 0 Å². The van der Waals surface area contributed by atoms with Crippen LogP contribution in [-0.2, 0) is 0 Å². The van der Waals surface area contributed by atoms with E-state index >= 15 is 0 Å². The van der Waals surface area contributed by atoms with Crippen LogP contribution >= 0.6 is 0 Å². The number of rotatable bonds is 5. The summed E-state index contributed by atoms with van der Waals surface area (Å²) in [7, 11) is 0. The van der Waals surface area contributed by atoms with Crippen molar-refractivity contribution < 1.29 is 8.83 Å². The highest BCUT2D eigenvalue weighted by atomic mass is 16.4. The van der Waals surface area contributed by atoms with Crippen LogP contribution in [0, 0.1) is 6.57 Å². The Morgan fingerprint density at radius 3 is 1.97 bits per heavy atom. The van der Waals surface area contributed by atoms with Gasteiger partial charge in [-0.15, -0.1) is 0 Å². The van der Waals surface area contributed by atoms with E-state index in [1.54, 1.807) is 6.08 Å². The van der Waals surface area contributed by atoms with Crippen LogP contribution in [0.25, 0.3) is 49.7 Å². The second-order valence-corrected chi connectivity index (χ2v) is 9.17. The molecule has 0 amide bonds. The van der Waals surface area contributed by atoms with Crippen molar-refractivity contribution in [1.82, 2.24) is 4.98 Å². The maximum atomic E-state index is 7.81. The second kappa shape index (κ2) is 9.37. The van der Waals surface area contributed by atoms with Gasteiger partial charge in [-0.1, -0.05) is 66.7 Å². The Balaban J connectivity index is 1.24. The monoisotopic (exact) mass is 503 g/mol. The van der Waals surface area contributed by atoms with Crippen LogP contribution in [0.4, 0.5) is 17.1 Å². The Morgan fingerprint density at radius 1 is 0.641 bits per heavy atom. The van der Waals surface area contributed by atoms with E-state index in [2.05, 4.69) is 51.1 Å². The van der Waals surface area contributed by atoms with E-state index in [9.17, 15) is 0 Å². The summed E-state index contributed by atoms with van der Waals surface area (Å²) in [6.45, 7) is 7.81. The quantitative estimate of drug-likeness (QED) is 0.219. The summed E-state index contributed by atoms with van der Waals surface area (Å²) in [6, 6.07) is 40.3. The molecule has 0 saturated carbocycles. The zero-order valence-electron chi connectivity index (χ0n) is 20.8. The first-order valence-electron chi connectivity index (χ1n) is 12.6. The molecule has 0 fully saturated rings. The topological polar surface area (TPSA) is 46.8 Å². The van der Waals surface area contributed by atoms with Crippen molar-refractivity contribution in [1.29, 1.82) is 0 Å². The van der Waals surface area contributed by atoms with Gasteiger partial charge in [0.1, 0.15) is 16.7 Å². The van der Waals surface area contributed by atoms with Gasteiger partial charge in [0, 0.05) is 33.9 Å². The van der Waals surface area contributed by atoms with Crippen molar-refractivity contribution >= 4 is 61.9 Å². The molecule has 184 valence electrons. The Kier molecular flexibility index (Phi) is 5.42. The minimum absolute atomic E-state index is 0.288. The first-order chi connectivity index (χ1) is 19.3. The normalized spacial score (nSPS) is 11.7. The molecule has 0 aliphatic carbocycles. The summed E-state index contributed by atoms with van der Waals surface area (Å²) in [5.41, 5.74) is 7.22. The summed E-state index contributed by atoms with van der Waals surface area (Å²) >= 11 is 0. The van der Waals surface area contributed by atoms with Gasteiger partial charge in [0.25, 0.3) is 0 Å². The number of benzene rings is 5. The predicted octanol–water partition coefficient (Wildman–Crippen LogP) is 9.61. The molecule has 0 aliphatic heterocycles. The molecule has 0 unspecified atom stereocenters. The first-order valence-corrected chi connectivity index (χ1v) is 12.6. The number of hydrogen-bond acceptors (Lipinski definition) is 4. The molecular weight excluding hydrogens is 482 g/mol. The molecule has 0 radical (unpaired) electrons. The van der Waals surface area contributed by atoms with Gasteiger partial charge in [-0.3, -0.25) is 0 Å². The van der Waals surface area contributed by atoms with E-state index in [-0.39, 0.29) is 5.89 Å². The van der Waals surface area contributed by atoms with Crippen LogP contribution < -0.4 is 4.90 Å². The molecule has 0 aliphatic rings. The summed E-state index contributed by atoms with van der Waals surface area (Å²) < 4.78 is 12.0. The molecule has 5 aromatic carbocycles. The highest BCUT2D eigenvalue weighted by Crippen LogP contribution is 2.36. The fourth-order valence-corrected chi connectivity index (χ4v) is 4.88. The molecular formula is C34H21N3O2. The van der Waals surface area contributed by atoms with Crippen molar-refractivity contribution in [3.8, 4) is 0 Å². The molecule has 5 nitrogen and oxygen atoms in total. The summed E-state index contributed by atoms with van der Waals surface area (Å²) in [5.74, 6) is 0.288. The molecule has 39 heavy (non-hydrogen) atoms. The molecule has 0 bridgehead atoms. The van der Waals surface area contributed by atoms with Crippen LogP contribution in [0.2, 0.25) is 0 Å². The van der Waals surface area contributed by atoms with Crippen molar-refractivity contribution in [2.75, 3.05) is 4.90 Å². The lowest BCUT2D eigenvalue weighted by atomic mass is 10.1. The first kappa shape index (κ1) is 22.6. The minimum atomic E-state index is 0.288. The van der Waals surface area contributed by atoms with Crippen molar-refractivity contribution in [2.24, 2.45) is 0 Å². The molecule has 0 saturated heterocycles. The predicted molar refractivity (Wildman–Crippen MR) is 157 cm³/mol. The number of aromatic nitrogens is 1. The summed E-state index contributed by atoms with van der Waals surface area (Å²) in [6.07, 6.45) is 1.80. The molecule has 7 aromatic rings. The third-order valence-electron chi connectivity index (χ3n) is 6.71. The molecule has 5 heteroatoms. The Labute approximate surface area is 224 Å². The third-order valence-corrected chi connectivity index (χ3v) is 6.71. The fraction of sp³-hybridized carbons (Fsp3) is 0. The highest BCUT2D eigenvalue weighted by Gasteiger charge is 2.16. The maximum absolute atomic E-state index is 7.81. The van der Waals surface area contributed by atoms with E-state index in [0.29, 0.717) is 16.8 Å². The third kappa shape index (κ3) is 4.11. The van der Waals surface area contributed by atoms with E-state index in [1.807, 2.05) is 84.9 Å². The Morgan fingerprint density at radius 2 is 1.28 bits per heavy atom. The zero-order chi connectivity index (χ0) is 26.2. The Bertz CT molecular complexity index is 1970. The van der Waals surface area contributed by atoms with Crippen LogP contribution in [0.3, 0.4) is 0 Å². The van der Waals surface area contributed by atoms with Gasteiger partial charge in [-0.2, -0.15) is 0 Å². The van der Waals surface area contributed by atoms with E-state index in [0.717, 1.165) is 44.6 Å². The number of anilines is 3. The average Bonchev–Trinajstić information content (AvgIpc) is 3.57. The number of furan rings is 1.